The third-order valence-corrected chi connectivity index (χ3v) is 3.58. The van der Waals surface area contributed by atoms with Crippen molar-refractivity contribution in [3.63, 3.8) is 0 Å². The number of para-hydroxylation sites is 1. The lowest BCUT2D eigenvalue weighted by Crippen LogP contribution is -2.19. The molecular weight excluding hydrogens is 280 g/mol. The molecule has 7 heteroatoms. The summed E-state index contributed by atoms with van der Waals surface area (Å²) in [6.45, 7) is 3.63. The van der Waals surface area contributed by atoms with Crippen LogP contribution in [0.5, 0.6) is 0 Å². The Hall–Kier alpha value is -1.86. The zero-order valence-electron chi connectivity index (χ0n) is 10.00. The van der Waals surface area contributed by atoms with E-state index in [1.54, 1.807) is 6.08 Å². The van der Waals surface area contributed by atoms with Crippen LogP contribution in [0.25, 0.3) is 0 Å². The molecule has 2 aromatic rings. The maximum atomic E-state index is 11.7. The van der Waals surface area contributed by atoms with E-state index in [9.17, 15) is 4.79 Å². The van der Waals surface area contributed by atoms with E-state index in [-0.39, 0.29) is 6.03 Å². The van der Waals surface area contributed by atoms with Crippen LogP contribution in [0.4, 0.5) is 15.6 Å². The zero-order chi connectivity index (χ0) is 13.5. The number of urea groups is 1. The minimum atomic E-state index is -0.331. The Morgan fingerprint density at radius 3 is 2.89 bits per heavy atom. The molecule has 2 amide bonds. The van der Waals surface area contributed by atoms with Gasteiger partial charge in [-0.2, -0.15) is 9.36 Å². The van der Waals surface area contributed by atoms with Gasteiger partial charge in [-0.3, -0.25) is 5.32 Å². The standard InChI is InChI=1S/C12H12N4OS2/c1-2-8-18-12-15-11(19-16-12)14-10(17)13-9-6-4-3-5-7-9/h2-7H,1,8H2,(H2,13,14,15,16,17). The van der Waals surface area contributed by atoms with Gasteiger partial charge in [0.1, 0.15) is 0 Å². The first-order valence-electron chi connectivity index (χ1n) is 5.48. The van der Waals surface area contributed by atoms with Crippen LogP contribution in [-0.4, -0.2) is 21.1 Å². The van der Waals surface area contributed by atoms with Gasteiger partial charge >= 0.3 is 6.03 Å². The van der Waals surface area contributed by atoms with Gasteiger partial charge in [-0.25, -0.2) is 4.79 Å². The van der Waals surface area contributed by atoms with E-state index in [1.165, 1.54) is 11.8 Å². The number of carbonyl (C=O) groups excluding carboxylic acids is 1. The highest BCUT2D eigenvalue weighted by molar-refractivity contribution is 7.99. The maximum Gasteiger partial charge on any atom is 0.325 e. The van der Waals surface area contributed by atoms with Crippen molar-refractivity contribution in [1.82, 2.24) is 9.36 Å². The fraction of sp³-hybridized carbons (Fsp3) is 0.0833. The molecule has 0 fully saturated rings. The van der Waals surface area contributed by atoms with Crippen LogP contribution in [0.2, 0.25) is 0 Å². The lowest BCUT2D eigenvalue weighted by atomic mass is 10.3. The number of benzene rings is 1. The molecule has 1 aromatic heterocycles. The average molecular weight is 292 g/mol. The normalized spacial score (nSPS) is 9.89. The van der Waals surface area contributed by atoms with E-state index in [1.807, 2.05) is 30.3 Å². The topological polar surface area (TPSA) is 66.9 Å². The largest absolute Gasteiger partial charge is 0.325 e. The molecule has 0 radical (unpaired) electrons. The van der Waals surface area contributed by atoms with Gasteiger partial charge in [-0.15, -0.1) is 6.58 Å². The molecule has 0 aliphatic rings. The Labute approximate surface area is 119 Å². The maximum absolute atomic E-state index is 11.7. The third kappa shape index (κ3) is 4.38. The lowest BCUT2D eigenvalue weighted by molar-refractivity contribution is 0.262. The average Bonchev–Trinajstić information content (AvgIpc) is 2.85. The summed E-state index contributed by atoms with van der Waals surface area (Å²) in [5, 5.41) is 6.46. The van der Waals surface area contributed by atoms with Crippen molar-refractivity contribution < 1.29 is 4.79 Å². The van der Waals surface area contributed by atoms with Crippen molar-refractivity contribution >= 4 is 40.1 Å². The van der Waals surface area contributed by atoms with Gasteiger partial charge < -0.3 is 5.32 Å². The van der Waals surface area contributed by atoms with Crippen LogP contribution in [-0.2, 0) is 0 Å². The van der Waals surface area contributed by atoms with E-state index >= 15 is 0 Å². The van der Waals surface area contributed by atoms with Crippen LogP contribution in [0.15, 0.2) is 48.1 Å². The predicted molar refractivity (Wildman–Crippen MR) is 79.9 cm³/mol. The summed E-state index contributed by atoms with van der Waals surface area (Å²) in [4.78, 5) is 15.9. The number of rotatable bonds is 5. The number of carbonyl (C=O) groups is 1. The van der Waals surface area contributed by atoms with Gasteiger partial charge in [0, 0.05) is 23.0 Å². The van der Waals surface area contributed by atoms with Crippen molar-refractivity contribution in [3.8, 4) is 0 Å². The molecule has 0 spiro atoms. The van der Waals surface area contributed by atoms with Crippen molar-refractivity contribution in [2.75, 3.05) is 16.4 Å². The first-order chi connectivity index (χ1) is 9.28. The van der Waals surface area contributed by atoms with Gasteiger partial charge in [0.2, 0.25) is 10.3 Å². The Bertz CT molecular complexity index is 556. The van der Waals surface area contributed by atoms with Crippen molar-refractivity contribution in [2.45, 2.75) is 5.16 Å². The van der Waals surface area contributed by atoms with Crippen molar-refractivity contribution in [1.29, 1.82) is 0 Å². The molecule has 19 heavy (non-hydrogen) atoms. The van der Waals surface area contributed by atoms with Crippen molar-refractivity contribution in [2.24, 2.45) is 0 Å². The highest BCUT2D eigenvalue weighted by Gasteiger charge is 2.07. The van der Waals surface area contributed by atoms with E-state index in [4.69, 9.17) is 0 Å². The van der Waals surface area contributed by atoms with E-state index in [0.29, 0.717) is 10.3 Å². The Morgan fingerprint density at radius 2 is 2.16 bits per heavy atom. The molecule has 2 rings (SSSR count). The summed E-state index contributed by atoms with van der Waals surface area (Å²) in [5.41, 5.74) is 0.728. The van der Waals surface area contributed by atoms with Crippen LogP contribution >= 0.6 is 23.3 Å². The van der Waals surface area contributed by atoms with Gasteiger partial charge in [0.15, 0.2) is 0 Å². The second-order valence-electron chi connectivity index (χ2n) is 3.43. The van der Waals surface area contributed by atoms with Crippen LogP contribution in [0.3, 0.4) is 0 Å². The van der Waals surface area contributed by atoms with Gasteiger partial charge in [-0.1, -0.05) is 36.0 Å². The second-order valence-corrected chi connectivity index (χ2v) is 5.17. The minimum Gasteiger partial charge on any atom is -0.308 e. The molecule has 0 atom stereocenters. The lowest BCUT2D eigenvalue weighted by Gasteiger charge is -2.03. The first kappa shape index (κ1) is 13.6. The fourth-order valence-electron chi connectivity index (χ4n) is 1.23. The number of nitrogens with zero attached hydrogens (tertiary/aromatic N) is 2. The zero-order valence-corrected chi connectivity index (χ0v) is 11.6. The summed E-state index contributed by atoms with van der Waals surface area (Å²) in [5.74, 6) is 0.742. The SMILES string of the molecule is C=CCSc1nsc(NC(=O)Nc2ccccc2)n1. The van der Waals surface area contributed by atoms with Crippen molar-refractivity contribution in [3.05, 3.63) is 43.0 Å². The quantitative estimate of drug-likeness (QED) is 0.654. The molecule has 98 valence electrons. The first-order valence-corrected chi connectivity index (χ1v) is 7.24. The molecule has 1 aromatic carbocycles. The number of thioether (sulfide) groups is 1. The highest BCUT2D eigenvalue weighted by Crippen LogP contribution is 2.20. The Morgan fingerprint density at radius 1 is 1.37 bits per heavy atom. The minimum absolute atomic E-state index is 0.331. The van der Waals surface area contributed by atoms with E-state index in [0.717, 1.165) is 23.0 Å². The number of hydrogen-bond donors (Lipinski definition) is 2. The number of hydrogen-bond acceptors (Lipinski definition) is 5. The monoisotopic (exact) mass is 292 g/mol. The number of anilines is 2. The van der Waals surface area contributed by atoms with Gasteiger partial charge in [0.05, 0.1) is 0 Å². The van der Waals surface area contributed by atoms with Crippen LogP contribution in [0.1, 0.15) is 0 Å². The van der Waals surface area contributed by atoms with Gasteiger partial charge in [0.25, 0.3) is 0 Å². The number of aromatic nitrogens is 2. The summed E-state index contributed by atoms with van der Waals surface area (Å²) in [7, 11) is 0. The molecular formula is C12H12N4OS2. The molecule has 0 aliphatic carbocycles. The van der Waals surface area contributed by atoms with E-state index < -0.39 is 0 Å². The molecule has 0 saturated heterocycles. The number of amides is 2. The molecule has 1 heterocycles. The summed E-state index contributed by atoms with van der Waals surface area (Å²) in [6.07, 6.45) is 1.78. The third-order valence-electron chi connectivity index (χ3n) is 1.99. The molecule has 5 nitrogen and oxygen atoms in total. The Kier molecular flexibility index (Phi) is 4.93. The van der Waals surface area contributed by atoms with Crippen LogP contribution < -0.4 is 10.6 Å². The summed E-state index contributed by atoms with van der Waals surface area (Å²) in [6, 6.07) is 8.88. The Balaban J connectivity index is 1.88. The van der Waals surface area contributed by atoms with Crippen LogP contribution in [0, 0.1) is 0 Å². The predicted octanol–water partition coefficient (Wildman–Crippen LogP) is 3.46. The fourth-order valence-corrected chi connectivity index (χ4v) is 2.51. The second kappa shape index (κ2) is 6.91. The number of nitrogens with one attached hydrogen (secondary N) is 2. The van der Waals surface area contributed by atoms with E-state index in [2.05, 4.69) is 26.6 Å². The highest BCUT2D eigenvalue weighted by atomic mass is 32.2. The summed E-state index contributed by atoms with van der Waals surface area (Å²) >= 11 is 2.62. The molecule has 0 unspecified atom stereocenters. The molecule has 0 aliphatic heterocycles. The molecule has 2 N–H and O–H groups in total. The smallest absolute Gasteiger partial charge is 0.308 e. The summed E-state index contributed by atoms with van der Waals surface area (Å²) < 4.78 is 4.12. The molecule has 0 saturated carbocycles. The van der Waals surface area contributed by atoms with Gasteiger partial charge in [-0.05, 0) is 12.1 Å². The molecule has 0 bridgehead atoms.